The Balaban J connectivity index is 4.60. The average molecular weight is 261 g/mol. The van der Waals surface area contributed by atoms with Gasteiger partial charge < -0.3 is 4.80 Å². The largest absolute Gasteiger partial charge is 0.432 e. The molecule has 16 heavy (non-hydrogen) atoms. The number of hydrogen-bond acceptors (Lipinski definition) is 1. The second kappa shape index (κ2) is 5.83. The minimum absolute atomic E-state index is 0.557. The predicted octanol–water partition coefficient (Wildman–Crippen LogP) is 4.86. The maximum atomic E-state index is 10.0. The first-order valence-electron chi connectivity index (χ1n) is 6.80. The van der Waals surface area contributed by atoms with Gasteiger partial charge in [-0.05, 0) is 24.2 Å². The van der Waals surface area contributed by atoms with E-state index in [0.717, 1.165) is 6.04 Å². The minimum atomic E-state index is -1.85. The molecule has 0 aromatic carbocycles. The molecule has 0 saturated heterocycles. The first kappa shape index (κ1) is 16.4. The molecule has 0 aliphatic rings. The molecule has 0 amide bonds. The lowest BCUT2D eigenvalue weighted by molar-refractivity contribution is 0.504. The highest BCUT2D eigenvalue weighted by Gasteiger charge is 2.41. The molecule has 98 valence electrons. The van der Waals surface area contributed by atoms with Gasteiger partial charge in [0.05, 0.1) is 8.07 Å². The summed E-state index contributed by atoms with van der Waals surface area (Å²) in [6, 6.07) is 2.39. The summed E-state index contributed by atoms with van der Waals surface area (Å²) >= 11 is 0. The molecule has 0 saturated carbocycles. The highest BCUT2D eigenvalue weighted by atomic mass is 28.4. The fourth-order valence-electron chi connectivity index (χ4n) is 2.47. The van der Waals surface area contributed by atoms with Crippen LogP contribution in [0.15, 0.2) is 0 Å². The van der Waals surface area contributed by atoms with Gasteiger partial charge >= 0.3 is 0 Å². The van der Waals surface area contributed by atoms with E-state index >= 15 is 0 Å². The molecule has 0 heterocycles. The molecule has 0 aliphatic carbocycles. The Kier molecular flexibility index (Phi) is 5.97. The summed E-state index contributed by atoms with van der Waals surface area (Å²) in [6.45, 7) is 16.3. The monoisotopic (exact) mass is 260 g/mol. The molecule has 0 aromatic rings. The maximum Gasteiger partial charge on any atom is 0.182 e. The predicted molar refractivity (Wildman–Crippen MR) is 80.4 cm³/mol. The van der Waals surface area contributed by atoms with E-state index in [2.05, 4.69) is 47.0 Å². The highest BCUT2D eigenvalue weighted by Crippen LogP contribution is 2.48. The summed E-state index contributed by atoms with van der Waals surface area (Å²) in [6.07, 6.45) is 3.95. The second-order valence-corrected chi connectivity index (χ2v) is 16.5. The van der Waals surface area contributed by atoms with Crippen LogP contribution in [0.2, 0.25) is 43.3 Å². The molecule has 0 fully saturated rings. The molecule has 1 nitrogen and oxygen atoms in total. The third kappa shape index (κ3) is 4.72. The molecular formula is C13H32OSi2. The number of rotatable bonds is 7. The van der Waals surface area contributed by atoms with Crippen molar-refractivity contribution in [2.24, 2.45) is 0 Å². The van der Waals surface area contributed by atoms with E-state index in [-0.39, 0.29) is 0 Å². The third-order valence-electron chi connectivity index (χ3n) is 4.58. The quantitative estimate of drug-likeness (QED) is 0.648. The van der Waals surface area contributed by atoms with E-state index in [1.807, 2.05) is 0 Å². The summed E-state index contributed by atoms with van der Waals surface area (Å²) in [5, 5.41) is 0.557. The maximum absolute atomic E-state index is 10.0. The molecule has 3 heteroatoms. The van der Waals surface area contributed by atoms with E-state index in [1.165, 1.54) is 25.3 Å². The lowest BCUT2D eigenvalue weighted by Gasteiger charge is -2.43. The zero-order chi connectivity index (χ0) is 13.0. The fraction of sp³-hybridized carbons (Fsp3) is 1.00. The van der Waals surface area contributed by atoms with Crippen molar-refractivity contribution in [2.75, 3.05) is 0 Å². The molecule has 0 spiro atoms. The van der Waals surface area contributed by atoms with Crippen molar-refractivity contribution in [3.8, 4) is 0 Å². The normalized spacial score (nSPS) is 17.2. The van der Waals surface area contributed by atoms with Gasteiger partial charge in [-0.3, -0.25) is 0 Å². The van der Waals surface area contributed by atoms with Crippen molar-refractivity contribution in [2.45, 2.75) is 83.3 Å². The van der Waals surface area contributed by atoms with Crippen molar-refractivity contribution >= 4 is 16.4 Å². The second-order valence-electron chi connectivity index (χ2n) is 6.86. The first-order valence-corrected chi connectivity index (χ1v) is 13.2. The standard InChI is InChI=1S/C13H32OSi2/c1-8-10-13(3,9-2)15(4,5)11-12-16(6,7)14/h14H,8-12H2,1-7H3. The van der Waals surface area contributed by atoms with Gasteiger partial charge in [0.1, 0.15) is 0 Å². The zero-order valence-corrected chi connectivity index (χ0v) is 14.5. The van der Waals surface area contributed by atoms with E-state index in [9.17, 15) is 4.80 Å². The summed E-state index contributed by atoms with van der Waals surface area (Å²) < 4.78 is 0. The van der Waals surface area contributed by atoms with Crippen LogP contribution in [0.4, 0.5) is 0 Å². The van der Waals surface area contributed by atoms with Gasteiger partial charge in [0, 0.05) is 0 Å². The molecule has 0 rings (SSSR count). The summed E-state index contributed by atoms with van der Waals surface area (Å²) in [7, 11) is -3.06. The Hall–Kier alpha value is 0.394. The van der Waals surface area contributed by atoms with E-state index in [0.29, 0.717) is 5.04 Å². The van der Waals surface area contributed by atoms with Crippen molar-refractivity contribution in [1.82, 2.24) is 0 Å². The molecule has 1 unspecified atom stereocenters. The van der Waals surface area contributed by atoms with Crippen molar-refractivity contribution in [3.63, 3.8) is 0 Å². The van der Waals surface area contributed by atoms with Gasteiger partial charge in [0.25, 0.3) is 0 Å². The van der Waals surface area contributed by atoms with Crippen LogP contribution >= 0.6 is 0 Å². The van der Waals surface area contributed by atoms with Crippen LogP contribution in [0.25, 0.3) is 0 Å². The smallest absolute Gasteiger partial charge is 0.182 e. The Labute approximate surface area is 105 Å². The molecular weight excluding hydrogens is 228 g/mol. The van der Waals surface area contributed by atoms with Crippen LogP contribution in [-0.2, 0) is 0 Å². The molecule has 0 aliphatic heterocycles. The summed E-state index contributed by atoms with van der Waals surface area (Å²) in [4.78, 5) is 10.0. The zero-order valence-electron chi connectivity index (χ0n) is 12.5. The fourth-order valence-corrected chi connectivity index (χ4v) is 9.90. The SMILES string of the molecule is CCCC(C)(CC)[Si](C)(C)CC[Si](C)(C)O. The average Bonchev–Trinajstić information content (AvgIpc) is 2.14. The van der Waals surface area contributed by atoms with Crippen LogP contribution in [0.5, 0.6) is 0 Å². The molecule has 0 radical (unpaired) electrons. The molecule has 1 atom stereocenters. The van der Waals surface area contributed by atoms with Crippen LogP contribution < -0.4 is 0 Å². The lowest BCUT2D eigenvalue weighted by Crippen LogP contribution is -2.42. The Morgan fingerprint density at radius 3 is 1.81 bits per heavy atom. The summed E-state index contributed by atoms with van der Waals surface area (Å²) in [5.74, 6) is 0. The topological polar surface area (TPSA) is 20.2 Å². The molecule has 1 N–H and O–H groups in total. The van der Waals surface area contributed by atoms with Gasteiger partial charge in [-0.25, -0.2) is 0 Å². The number of hydrogen-bond donors (Lipinski definition) is 1. The van der Waals surface area contributed by atoms with E-state index in [1.54, 1.807) is 0 Å². The van der Waals surface area contributed by atoms with Gasteiger partial charge in [0.2, 0.25) is 0 Å². The molecule has 0 bridgehead atoms. The summed E-state index contributed by atoms with van der Waals surface area (Å²) in [5.41, 5.74) is 0. The van der Waals surface area contributed by atoms with Crippen LogP contribution in [0.1, 0.15) is 40.0 Å². The van der Waals surface area contributed by atoms with E-state index < -0.39 is 16.4 Å². The van der Waals surface area contributed by atoms with Gasteiger partial charge in [-0.1, -0.05) is 59.2 Å². The Morgan fingerprint density at radius 1 is 1.00 bits per heavy atom. The molecule has 0 aromatic heterocycles. The van der Waals surface area contributed by atoms with Crippen molar-refractivity contribution in [1.29, 1.82) is 0 Å². The van der Waals surface area contributed by atoms with Crippen molar-refractivity contribution < 1.29 is 4.80 Å². The van der Waals surface area contributed by atoms with Crippen LogP contribution in [0.3, 0.4) is 0 Å². The van der Waals surface area contributed by atoms with Crippen LogP contribution in [0, 0.1) is 0 Å². The Morgan fingerprint density at radius 2 is 1.50 bits per heavy atom. The first-order chi connectivity index (χ1) is 7.08. The van der Waals surface area contributed by atoms with E-state index in [4.69, 9.17) is 0 Å². The Bertz CT molecular complexity index is 208. The third-order valence-corrected chi connectivity index (χ3v) is 11.9. The van der Waals surface area contributed by atoms with Crippen molar-refractivity contribution in [3.05, 3.63) is 0 Å². The van der Waals surface area contributed by atoms with Crippen LogP contribution in [-0.4, -0.2) is 21.2 Å². The highest BCUT2D eigenvalue weighted by molar-refractivity contribution is 6.82. The minimum Gasteiger partial charge on any atom is -0.432 e. The van der Waals surface area contributed by atoms with Gasteiger partial charge in [-0.2, -0.15) is 0 Å². The lowest BCUT2D eigenvalue weighted by atomic mass is 10.0. The van der Waals surface area contributed by atoms with Gasteiger partial charge in [0.15, 0.2) is 8.32 Å². The van der Waals surface area contributed by atoms with Gasteiger partial charge in [-0.15, -0.1) is 0 Å².